The fourth-order valence-corrected chi connectivity index (χ4v) is 5.22. The lowest BCUT2D eigenvalue weighted by Gasteiger charge is -2.38. The van der Waals surface area contributed by atoms with Crippen LogP contribution in [0.15, 0.2) is 42.5 Å². The fraction of sp³-hybridized carbons (Fsp3) is 0.538. The van der Waals surface area contributed by atoms with Crippen LogP contribution in [0.2, 0.25) is 0 Å². The predicted octanol–water partition coefficient (Wildman–Crippen LogP) is 4.16. The highest BCUT2D eigenvalue weighted by molar-refractivity contribution is 5.33. The Morgan fingerprint density at radius 1 is 1.10 bits per heavy atom. The molecule has 31 heavy (non-hydrogen) atoms. The number of rotatable bonds is 9. The van der Waals surface area contributed by atoms with Gasteiger partial charge >= 0.3 is 0 Å². The molecule has 1 fully saturated rings. The second kappa shape index (κ2) is 10.6. The van der Waals surface area contributed by atoms with E-state index in [9.17, 15) is 4.39 Å². The van der Waals surface area contributed by atoms with Crippen LogP contribution in [-0.4, -0.2) is 62.8 Å². The molecule has 1 aliphatic carbocycles. The minimum atomic E-state index is -0.198. The molecule has 0 saturated carbocycles. The summed E-state index contributed by atoms with van der Waals surface area (Å²) < 4.78 is 25.0. The number of nitrogens with zero attached hydrogens (tertiary/aromatic N) is 2. The number of hydrogen-bond acceptors (Lipinski definition) is 4. The Labute approximate surface area is 185 Å². The number of hydrogen-bond donors (Lipinski definition) is 0. The quantitative estimate of drug-likeness (QED) is 0.601. The van der Waals surface area contributed by atoms with Crippen molar-refractivity contribution in [3.05, 3.63) is 65.0 Å². The highest BCUT2D eigenvalue weighted by Crippen LogP contribution is 2.29. The van der Waals surface area contributed by atoms with Gasteiger partial charge in [0.1, 0.15) is 11.6 Å². The fourth-order valence-electron chi connectivity index (χ4n) is 5.22. The normalized spacial score (nSPS) is 19.7. The Bertz CT molecular complexity index is 834. The van der Waals surface area contributed by atoms with Gasteiger partial charge in [0.2, 0.25) is 0 Å². The average Bonchev–Trinajstić information content (AvgIpc) is 3.23. The number of methoxy groups -OCH3 is 2. The maximum Gasteiger partial charge on any atom is 0.131 e. The molecule has 0 spiro atoms. The first-order valence-corrected chi connectivity index (χ1v) is 11.5. The maximum absolute atomic E-state index is 14.5. The molecule has 1 aliphatic heterocycles. The predicted molar refractivity (Wildman–Crippen MR) is 122 cm³/mol. The lowest BCUT2D eigenvalue weighted by molar-refractivity contribution is 0.0839. The summed E-state index contributed by atoms with van der Waals surface area (Å²) in [6, 6.07) is 14.7. The van der Waals surface area contributed by atoms with Gasteiger partial charge in [0.05, 0.1) is 13.7 Å². The second-order valence-corrected chi connectivity index (χ2v) is 9.02. The molecule has 2 aromatic carbocycles. The number of likely N-dealkylation sites (tertiary alicyclic amines) is 1. The molecule has 168 valence electrons. The Kier molecular flexibility index (Phi) is 7.59. The van der Waals surface area contributed by atoms with Gasteiger partial charge < -0.3 is 9.47 Å². The molecule has 4 rings (SSSR count). The van der Waals surface area contributed by atoms with E-state index >= 15 is 0 Å². The Balaban J connectivity index is 1.37. The molecule has 1 heterocycles. The van der Waals surface area contributed by atoms with Crippen LogP contribution in [0.4, 0.5) is 4.39 Å². The van der Waals surface area contributed by atoms with Crippen LogP contribution in [0.5, 0.6) is 5.75 Å². The lowest BCUT2D eigenvalue weighted by atomic mass is 9.95. The summed E-state index contributed by atoms with van der Waals surface area (Å²) >= 11 is 0. The van der Waals surface area contributed by atoms with E-state index in [1.54, 1.807) is 14.2 Å². The molecule has 2 aromatic rings. The minimum Gasteiger partial charge on any atom is -0.497 e. The van der Waals surface area contributed by atoms with Gasteiger partial charge in [-0.2, -0.15) is 0 Å². The number of piperidine rings is 1. The second-order valence-electron chi connectivity index (χ2n) is 9.02. The number of fused-ring (bicyclic) bond motifs is 1. The molecular weight excluding hydrogens is 391 g/mol. The van der Waals surface area contributed by atoms with Crippen molar-refractivity contribution in [2.24, 2.45) is 5.92 Å². The molecule has 0 radical (unpaired) electrons. The van der Waals surface area contributed by atoms with Crippen molar-refractivity contribution in [2.75, 3.05) is 47.0 Å². The largest absolute Gasteiger partial charge is 0.497 e. The van der Waals surface area contributed by atoms with Crippen LogP contribution in [0.1, 0.15) is 29.5 Å². The third-order valence-corrected chi connectivity index (χ3v) is 6.88. The highest BCUT2D eigenvalue weighted by atomic mass is 19.1. The zero-order valence-electron chi connectivity index (χ0n) is 18.9. The summed E-state index contributed by atoms with van der Waals surface area (Å²) in [6.45, 7) is 5.38. The van der Waals surface area contributed by atoms with E-state index in [-0.39, 0.29) is 5.82 Å². The summed E-state index contributed by atoms with van der Waals surface area (Å²) in [4.78, 5) is 5.06. The van der Waals surface area contributed by atoms with Gasteiger partial charge in [-0.15, -0.1) is 0 Å². The van der Waals surface area contributed by atoms with E-state index in [0.29, 0.717) is 30.9 Å². The van der Waals surface area contributed by atoms with E-state index in [1.165, 1.54) is 49.4 Å². The molecule has 1 atom stereocenters. The van der Waals surface area contributed by atoms with Gasteiger partial charge in [0, 0.05) is 51.0 Å². The van der Waals surface area contributed by atoms with Crippen molar-refractivity contribution in [3.8, 4) is 5.75 Å². The third kappa shape index (κ3) is 5.65. The number of ether oxygens (including phenoxy) is 2. The van der Waals surface area contributed by atoms with Crippen molar-refractivity contribution >= 4 is 0 Å². The zero-order valence-corrected chi connectivity index (χ0v) is 18.9. The van der Waals surface area contributed by atoms with Crippen LogP contribution in [0.3, 0.4) is 0 Å². The lowest BCUT2D eigenvalue weighted by Crippen LogP contribution is -2.46. The van der Waals surface area contributed by atoms with E-state index in [0.717, 1.165) is 25.2 Å². The van der Waals surface area contributed by atoms with Crippen molar-refractivity contribution in [2.45, 2.75) is 38.3 Å². The summed E-state index contributed by atoms with van der Waals surface area (Å²) in [5.74, 6) is 0.969. The monoisotopic (exact) mass is 426 g/mol. The van der Waals surface area contributed by atoms with Gasteiger partial charge in [-0.3, -0.25) is 9.80 Å². The highest BCUT2D eigenvalue weighted by Gasteiger charge is 2.31. The molecule has 0 amide bonds. The van der Waals surface area contributed by atoms with E-state index in [2.05, 4.69) is 34.1 Å². The van der Waals surface area contributed by atoms with Crippen LogP contribution < -0.4 is 4.74 Å². The van der Waals surface area contributed by atoms with E-state index < -0.39 is 0 Å². The number of halogens is 1. The first-order chi connectivity index (χ1) is 15.2. The maximum atomic E-state index is 14.5. The first kappa shape index (κ1) is 22.3. The van der Waals surface area contributed by atoms with Gasteiger partial charge in [-0.25, -0.2) is 4.39 Å². The molecule has 5 heteroatoms. The summed E-state index contributed by atoms with van der Waals surface area (Å²) in [6.07, 6.45) is 4.83. The topological polar surface area (TPSA) is 24.9 Å². The molecule has 1 saturated heterocycles. The van der Waals surface area contributed by atoms with Crippen molar-refractivity contribution in [3.63, 3.8) is 0 Å². The van der Waals surface area contributed by atoms with Gasteiger partial charge in [-0.05, 0) is 55.3 Å². The first-order valence-electron chi connectivity index (χ1n) is 11.5. The van der Waals surface area contributed by atoms with Crippen LogP contribution in [-0.2, 0) is 24.1 Å². The van der Waals surface area contributed by atoms with Crippen molar-refractivity contribution < 1.29 is 13.9 Å². The van der Waals surface area contributed by atoms with Crippen LogP contribution in [0, 0.1) is 11.7 Å². The van der Waals surface area contributed by atoms with E-state index in [4.69, 9.17) is 9.47 Å². The average molecular weight is 427 g/mol. The molecule has 0 N–H and O–H groups in total. The molecule has 0 bridgehead atoms. The van der Waals surface area contributed by atoms with Crippen molar-refractivity contribution in [1.29, 1.82) is 0 Å². The molecule has 4 nitrogen and oxygen atoms in total. The standard InChI is InChI=1S/C26H35FN2O2/c1-30-13-12-28(19-23-9-10-25(31-2)16-26(23)27)17-20-6-5-11-29(18-20)24-14-21-7-3-4-8-22(21)15-24/h3-4,7-10,16,20,24H,5-6,11-15,17-19H2,1-2H3. The SMILES string of the molecule is COCCN(Cc1ccc(OC)cc1F)CC1CCCN(C2Cc3ccccc3C2)C1. The van der Waals surface area contributed by atoms with Crippen molar-refractivity contribution in [1.82, 2.24) is 9.80 Å². The molecular formula is C26H35FN2O2. The third-order valence-electron chi connectivity index (χ3n) is 6.88. The van der Waals surface area contributed by atoms with Crippen LogP contribution >= 0.6 is 0 Å². The van der Waals surface area contributed by atoms with Gasteiger partial charge in [-0.1, -0.05) is 30.3 Å². The van der Waals surface area contributed by atoms with Gasteiger partial charge in [0.25, 0.3) is 0 Å². The molecule has 2 aliphatic rings. The Hall–Kier alpha value is -1.95. The Morgan fingerprint density at radius 3 is 2.55 bits per heavy atom. The smallest absolute Gasteiger partial charge is 0.131 e. The summed E-state index contributed by atoms with van der Waals surface area (Å²) in [5.41, 5.74) is 3.76. The number of benzene rings is 2. The summed E-state index contributed by atoms with van der Waals surface area (Å²) in [7, 11) is 3.29. The van der Waals surface area contributed by atoms with Crippen LogP contribution in [0.25, 0.3) is 0 Å². The molecule has 0 aromatic heterocycles. The molecule has 1 unspecified atom stereocenters. The zero-order chi connectivity index (χ0) is 21.6. The Morgan fingerprint density at radius 2 is 1.87 bits per heavy atom. The van der Waals surface area contributed by atoms with Gasteiger partial charge in [0.15, 0.2) is 0 Å². The minimum absolute atomic E-state index is 0.198. The summed E-state index contributed by atoms with van der Waals surface area (Å²) in [5, 5.41) is 0. The van der Waals surface area contributed by atoms with E-state index in [1.807, 2.05) is 12.1 Å².